The first kappa shape index (κ1) is 17.5. The number of carbonyl (C=O) groups excluding carboxylic acids is 3. The van der Waals surface area contributed by atoms with Crippen LogP contribution in [0.4, 0.5) is 14.9 Å². The van der Waals surface area contributed by atoms with E-state index < -0.39 is 18.0 Å². The average Bonchev–Trinajstić information content (AvgIpc) is 3.16. The van der Waals surface area contributed by atoms with Crippen LogP contribution in [0.1, 0.15) is 24.5 Å². The lowest BCUT2D eigenvalue weighted by Crippen LogP contribution is -2.40. The van der Waals surface area contributed by atoms with Crippen molar-refractivity contribution in [2.45, 2.75) is 31.9 Å². The highest BCUT2D eigenvalue weighted by Crippen LogP contribution is 2.41. The maximum atomic E-state index is 14.8. The largest absolute Gasteiger partial charge is 0.442 e. The van der Waals surface area contributed by atoms with E-state index in [1.807, 2.05) is 6.08 Å². The number of rotatable bonds is 4. The lowest BCUT2D eigenvalue weighted by Gasteiger charge is -2.23. The van der Waals surface area contributed by atoms with Crippen LogP contribution in [0.2, 0.25) is 0 Å². The van der Waals surface area contributed by atoms with Crippen LogP contribution in [0.5, 0.6) is 0 Å². The minimum Gasteiger partial charge on any atom is -0.442 e. The van der Waals surface area contributed by atoms with Crippen LogP contribution in [0.3, 0.4) is 0 Å². The summed E-state index contributed by atoms with van der Waals surface area (Å²) in [5, 5.41) is 2.67. The van der Waals surface area contributed by atoms with Crippen LogP contribution < -0.4 is 10.2 Å². The van der Waals surface area contributed by atoms with Gasteiger partial charge in [0.25, 0.3) is 0 Å². The molecule has 1 N–H and O–H groups in total. The van der Waals surface area contributed by atoms with E-state index in [1.165, 1.54) is 17.9 Å². The van der Waals surface area contributed by atoms with Gasteiger partial charge in [-0.3, -0.25) is 14.5 Å². The predicted molar refractivity (Wildman–Crippen MR) is 95.6 cm³/mol. The van der Waals surface area contributed by atoms with E-state index in [2.05, 4.69) is 5.32 Å². The molecular formula is C19H20FN3O4. The Morgan fingerprint density at radius 2 is 2.26 bits per heavy atom. The van der Waals surface area contributed by atoms with Crippen LogP contribution in [-0.4, -0.2) is 55.1 Å². The number of cyclic esters (lactones) is 1. The summed E-state index contributed by atoms with van der Waals surface area (Å²) in [6.07, 6.45) is 2.82. The van der Waals surface area contributed by atoms with Gasteiger partial charge in [0, 0.05) is 25.6 Å². The average molecular weight is 373 g/mol. The van der Waals surface area contributed by atoms with Crippen molar-refractivity contribution < 1.29 is 23.5 Å². The third-order valence-electron chi connectivity index (χ3n) is 5.35. The third kappa shape index (κ3) is 3.05. The van der Waals surface area contributed by atoms with Gasteiger partial charge < -0.3 is 15.0 Å². The Morgan fingerprint density at radius 1 is 1.44 bits per heavy atom. The fourth-order valence-electron chi connectivity index (χ4n) is 3.98. The fourth-order valence-corrected chi connectivity index (χ4v) is 3.98. The Balaban J connectivity index is 1.60. The van der Waals surface area contributed by atoms with Gasteiger partial charge in [0.05, 0.1) is 18.3 Å². The molecule has 3 heterocycles. The molecular weight excluding hydrogens is 353 g/mol. The predicted octanol–water partition coefficient (Wildman–Crippen LogP) is 1.46. The van der Waals surface area contributed by atoms with E-state index in [1.54, 1.807) is 11.0 Å². The van der Waals surface area contributed by atoms with E-state index in [-0.39, 0.29) is 18.5 Å². The molecule has 4 rings (SSSR count). The maximum absolute atomic E-state index is 14.8. The standard InChI is InChI=1S/C19H20FN3O4/c1-11(25)21-9-18-17-7-13-6-14(12-2-4-22(10-24)5-3-12)15(20)8-16(13)23(17)19(26)27-18/h2,6,8,10,17-18H,3-5,7,9H2,1H3,(H,21,25)/t17?,18-/m0/s1. The highest BCUT2D eigenvalue weighted by atomic mass is 19.1. The number of amides is 3. The molecule has 1 aromatic rings. The highest BCUT2D eigenvalue weighted by molar-refractivity contribution is 5.94. The zero-order valence-electron chi connectivity index (χ0n) is 14.9. The Bertz CT molecular complexity index is 854. The zero-order chi connectivity index (χ0) is 19.1. The Kier molecular flexibility index (Phi) is 4.33. The second kappa shape index (κ2) is 6.68. The zero-order valence-corrected chi connectivity index (χ0v) is 14.9. The van der Waals surface area contributed by atoms with Gasteiger partial charge in [-0.15, -0.1) is 0 Å². The van der Waals surface area contributed by atoms with Crippen LogP contribution in [0.15, 0.2) is 18.2 Å². The van der Waals surface area contributed by atoms with Crippen molar-refractivity contribution in [3.05, 3.63) is 35.2 Å². The summed E-state index contributed by atoms with van der Waals surface area (Å²) < 4.78 is 20.1. The molecule has 0 aromatic heterocycles. The molecule has 142 valence electrons. The molecule has 1 unspecified atom stereocenters. The molecule has 27 heavy (non-hydrogen) atoms. The molecule has 3 aliphatic rings. The molecule has 1 saturated heterocycles. The molecule has 2 atom stereocenters. The number of halogens is 1. The fraction of sp³-hybridized carbons (Fsp3) is 0.421. The molecule has 8 heteroatoms. The molecule has 3 aliphatic heterocycles. The van der Waals surface area contributed by atoms with Crippen LogP contribution in [0.25, 0.3) is 5.57 Å². The van der Waals surface area contributed by atoms with Gasteiger partial charge in [0.2, 0.25) is 12.3 Å². The van der Waals surface area contributed by atoms with E-state index in [4.69, 9.17) is 4.74 Å². The van der Waals surface area contributed by atoms with Gasteiger partial charge in [-0.1, -0.05) is 6.08 Å². The Morgan fingerprint density at radius 3 is 2.93 bits per heavy atom. The molecule has 0 bridgehead atoms. The molecule has 3 amide bonds. The number of hydrogen-bond acceptors (Lipinski definition) is 4. The van der Waals surface area contributed by atoms with Gasteiger partial charge in [-0.05, 0) is 36.1 Å². The van der Waals surface area contributed by atoms with Gasteiger partial charge in [0.15, 0.2) is 0 Å². The van der Waals surface area contributed by atoms with Crippen molar-refractivity contribution in [2.75, 3.05) is 24.5 Å². The molecule has 0 saturated carbocycles. The number of fused-ring (bicyclic) bond motifs is 3. The minimum absolute atomic E-state index is 0.193. The number of benzene rings is 1. The van der Waals surface area contributed by atoms with Crippen LogP contribution in [0, 0.1) is 5.82 Å². The lowest BCUT2D eigenvalue weighted by molar-refractivity contribution is -0.119. The number of ether oxygens (including phenoxy) is 1. The number of nitrogens with zero attached hydrogens (tertiary/aromatic N) is 2. The van der Waals surface area contributed by atoms with Gasteiger partial charge in [-0.2, -0.15) is 0 Å². The number of hydrogen-bond donors (Lipinski definition) is 1. The van der Waals surface area contributed by atoms with Crippen molar-refractivity contribution in [2.24, 2.45) is 0 Å². The first-order chi connectivity index (χ1) is 13.0. The number of carbonyl (C=O) groups is 3. The van der Waals surface area contributed by atoms with Crippen molar-refractivity contribution in [1.82, 2.24) is 10.2 Å². The highest BCUT2D eigenvalue weighted by Gasteiger charge is 2.47. The van der Waals surface area contributed by atoms with Crippen molar-refractivity contribution in [1.29, 1.82) is 0 Å². The smallest absolute Gasteiger partial charge is 0.415 e. The number of anilines is 1. The molecule has 1 aromatic carbocycles. The molecule has 0 spiro atoms. The van der Waals surface area contributed by atoms with Gasteiger partial charge in [-0.25, -0.2) is 9.18 Å². The summed E-state index contributed by atoms with van der Waals surface area (Å²) in [5.74, 6) is -0.583. The first-order valence-electron chi connectivity index (χ1n) is 8.93. The second-order valence-electron chi connectivity index (χ2n) is 7.04. The SMILES string of the molecule is CC(=O)NC[C@@H]1OC(=O)N2c3cc(F)c(C4=CCN(C=O)CC4)cc3CC12. The molecule has 0 aliphatic carbocycles. The number of nitrogens with one attached hydrogen (secondary N) is 1. The Hall–Kier alpha value is -2.90. The third-order valence-corrected chi connectivity index (χ3v) is 5.35. The minimum atomic E-state index is -0.514. The normalized spacial score (nSPS) is 23.5. The van der Waals surface area contributed by atoms with Gasteiger partial charge >= 0.3 is 6.09 Å². The van der Waals surface area contributed by atoms with E-state index >= 15 is 0 Å². The summed E-state index contributed by atoms with van der Waals surface area (Å²) in [4.78, 5) is 37.4. The molecule has 0 radical (unpaired) electrons. The first-order valence-corrected chi connectivity index (χ1v) is 8.93. The molecule has 7 nitrogen and oxygen atoms in total. The molecule has 1 fully saturated rings. The van der Waals surface area contributed by atoms with Crippen LogP contribution >= 0.6 is 0 Å². The second-order valence-corrected chi connectivity index (χ2v) is 7.04. The van der Waals surface area contributed by atoms with Crippen LogP contribution in [-0.2, 0) is 20.7 Å². The lowest BCUT2D eigenvalue weighted by atomic mass is 9.95. The van der Waals surface area contributed by atoms with E-state index in [0.717, 1.165) is 17.5 Å². The van der Waals surface area contributed by atoms with Crippen molar-refractivity contribution in [3.63, 3.8) is 0 Å². The van der Waals surface area contributed by atoms with E-state index in [0.29, 0.717) is 37.2 Å². The quantitative estimate of drug-likeness (QED) is 0.811. The van der Waals surface area contributed by atoms with Crippen molar-refractivity contribution >= 4 is 29.7 Å². The monoisotopic (exact) mass is 373 g/mol. The summed E-state index contributed by atoms with van der Waals surface area (Å²) in [6, 6.07) is 2.94. The summed E-state index contributed by atoms with van der Waals surface area (Å²) in [5.41, 5.74) is 2.81. The summed E-state index contributed by atoms with van der Waals surface area (Å²) in [6.45, 7) is 2.67. The van der Waals surface area contributed by atoms with Gasteiger partial charge in [0.1, 0.15) is 11.9 Å². The summed E-state index contributed by atoms with van der Waals surface area (Å²) in [7, 11) is 0. The van der Waals surface area contributed by atoms with E-state index in [9.17, 15) is 18.8 Å². The van der Waals surface area contributed by atoms with Crippen molar-refractivity contribution in [3.8, 4) is 0 Å². The topological polar surface area (TPSA) is 79.0 Å². The Labute approximate surface area is 155 Å². The maximum Gasteiger partial charge on any atom is 0.415 e. The summed E-state index contributed by atoms with van der Waals surface area (Å²) >= 11 is 0.